The van der Waals surface area contributed by atoms with Crippen molar-refractivity contribution in [3.63, 3.8) is 0 Å². The summed E-state index contributed by atoms with van der Waals surface area (Å²) in [7, 11) is 0. The zero-order valence-corrected chi connectivity index (χ0v) is 11.4. The molecule has 0 fully saturated rings. The van der Waals surface area contributed by atoms with Crippen molar-refractivity contribution in [1.82, 2.24) is 0 Å². The maximum absolute atomic E-state index is 9.65. The molecule has 1 unspecified atom stereocenters. The summed E-state index contributed by atoms with van der Waals surface area (Å²) in [6.07, 6.45) is 0.893. The van der Waals surface area contributed by atoms with Crippen molar-refractivity contribution in [2.45, 2.75) is 12.3 Å². The molecular weight excluding hydrogens is 252 g/mol. The summed E-state index contributed by atoms with van der Waals surface area (Å²) in [4.78, 5) is 0. The summed E-state index contributed by atoms with van der Waals surface area (Å²) in [5.41, 5.74) is 2.55. The third kappa shape index (κ3) is 2.55. The van der Waals surface area contributed by atoms with Gasteiger partial charge in [0, 0.05) is 10.6 Å². The van der Waals surface area contributed by atoms with Crippen LogP contribution in [0.5, 0.6) is 0 Å². The first-order chi connectivity index (χ1) is 9.38. The van der Waals surface area contributed by atoms with Crippen molar-refractivity contribution in [3.05, 3.63) is 71.1 Å². The lowest BCUT2D eigenvalue weighted by molar-refractivity contribution is 0.264. The molecule has 0 saturated heterocycles. The smallest absolute Gasteiger partial charge is 0.0502 e. The Bertz CT molecular complexity index is 657. The fourth-order valence-corrected chi connectivity index (χ4v) is 3.44. The normalized spacial score (nSPS) is 12.7. The van der Waals surface area contributed by atoms with Crippen molar-refractivity contribution >= 4 is 21.4 Å². The molecule has 2 aromatic carbocycles. The highest BCUT2D eigenvalue weighted by molar-refractivity contribution is 7.17. The second-order valence-electron chi connectivity index (χ2n) is 4.75. The molecule has 0 bridgehead atoms. The number of hydrogen-bond acceptors (Lipinski definition) is 2. The van der Waals surface area contributed by atoms with Crippen LogP contribution >= 0.6 is 11.3 Å². The van der Waals surface area contributed by atoms with Gasteiger partial charge < -0.3 is 5.11 Å². The van der Waals surface area contributed by atoms with Crippen LogP contribution in [0.15, 0.2) is 60.0 Å². The van der Waals surface area contributed by atoms with Crippen molar-refractivity contribution < 1.29 is 5.11 Å². The van der Waals surface area contributed by atoms with Crippen LogP contribution < -0.4 is 0 Å². The molecule has 0 spiro atoms. The quantitative estimate of drug-likeness (QED) is 0.751. The van der Waals surface area contributed by atoms with Gasteiger partial charge in [0.15, 0.2) is 0 Å². The molecule has 0 saturated carbocycles. The molecule has 1 N–H and O–H groups in total. The molecule has 2 heteroatoms. The number of aliphatic hydroxyl groups excluding tert-OH is 1. The Hall–Kier alpha value is -1.64. The Balaban J connectivity index is 1.91. The Kier molecular flexibility index (Phi) is 3.62. The van der Waals surface area contributed by atoms with Crippen LogP contribution in [0.1, 0.15) is 17.0 Å². The minimum Gasteiger partial charge on any atom is -0.396 e. The first-order valence-corrected chi connectivity index (χ1v) is 7.37. The lowest BCUT2D eigenvalue weighted by atomic mass is 9.92. The molecule has 0 amide bonds. The molecule has 96 valence electrons. The van der Waals surface area contributed by atoms with E-state index in [1.165, 1.54) is 21.2 Å². The monoisotopic (exact) mass is 268 g/mol. The summed E-state index contributed by atoms with van der Waals surface area (Å²) in [5.74, 6) is 0.180. The van der Waals surface area contributed by atoms with Gasteiger partial charge in [-0.15, -0.1) is 11.3 Å². The molecule has 1 aromatic heterocycles. The van der Waals surface area contributed by atoms with E-state index in [0.717, 1.165) is 6.42 Å². The Morgan fingerprint density at radius 3 is 2.47 bits per heavy atom. The van der Waals surface area contributed by atoms with E-state index in [9.17, 15) is 5.11 Å². The lowest BCUT2D eigenvalue weighted by Crippen LogP contribution is -2.07. The zero-order chi connectivity index (χ0) is 13.1. The van der Waals surface area contributed by atoms with E-state index >= 15 is 0 Å². The highest BCUT2D eigenvalue weighted by atomic mass is 32.1. The van der Waals surface area contributed by atoms with E-state index in [1.807, 2.05) is 18.2 Å². The second kappa shape index (κ2) is 5.55. The van der Waals surface area contributed by atoms with Crippen LogP contribution in [0.2, 0.25) is 0 Å². The Morgan fingerprint density at radius 1 is 0.947 bits per heavy atom. The van der Waals surface area contributed by atoms with Gasteiger partial charge in [-0.25, -0.2) is 0 Å². The predicted octanol–water partition coefficient (Wildman–Crippen LogP) is 4.22. The van der Waals surface area contributed by atoms with Crippen molar-refractivity contribution in [2.75, 3.05) is 6.61 Å². The van der Waals surface area contributed by atoms with E-state index in [1.54, 1.807) is 11.3 Å². The van der Waals surface area contributed by atoms with Crippen molar-refractivity contribution in [3.8, 4) is 0 Å². The number of fused-ring (bicyclic) bond motifs is 1. The summed E-state index contributed by atoms with van der Waals surface area (Å²) >= 11 is 1.78. The molecule has 0 radical (unpaired) electrons. The standard InChI is InChI=1S/C17H16OS/c18-11-14(13-6-2-1-3-7-13)10-15-12-19-17-9-5-4-8-16(15)17/h1-9,12,14,18H,10-11H2. The average molecular weight is 268 g/mol. The number of benzene rings is 2. The topological polar surface area (TPSA) is 20.2 Å². The summed E-state index contributed by atoms with van der Waals surface area (Å²) in [5, 5.41) is 13.2. The first kappa shape index (κ1) is 12.4. The maximum atomic E-state index is 9.65. The highest BCUT2D eigenvalue weighted by Gasteiger charge is 2.13. The molecule has 3 rings (SSSR count). The van der Waals surface area contributed by atoms with Gasteiger partial charge in [0.2, 0.25) is 0 Å². The molecular formula is C17H16OS. The summed E-state index contributed by atoms with van der Waals surface area (Å²) in [6, 6.07) is 18.7. The van der Waals surface area contributed by atoms with Gasteiger partial charge in [0.1, 0.15) is 0 Å². The molecule has 3 aromatic rings. The Morgan fingerprint density at radius 2 is 1.68 bits per heavy atom. The molecule has 0 aliphatic rings. The third-order valence-electron chi connectivity index (χ3n) is 3.52. The van der Waals surface area contributed by atoms with Gasteiger partial charge in [0.05, 0.1) is 6.61 Å². The highest BCUT2D eigenvalue weighted by Crippen LogP contribution is 2.30. The minimum absolute atomic E-state index is 0.180. The molecule has 0 aliphatic carbocycles. The van der Waals surface area contributed by atoms with E-state index in [4.69, 9.17) is 0 Å². The third-order valence-corrected chi connectivity index (χ3v) is 4.53. The number of hydrogen-bond donors (Lipinski definition) is 1. The van der Waals surface area contributed by atoms with Crippen LogP contribution in [0.3, 0.4) is 0 Å². The van der Waals surface area contributed by atoms with Gasteiger partial charge >= 0.3 is 0 Å². The van der Waals surface area contributed by atoms with Crippen LogP contribution in [-0.4, -0.2) is 11.7 Å². The van der Waals surface area contributed by atoms with Gasteiger partial charge in [-0.05, 0) is 34.4 Å². The number of aliphatic hydroxyl groups is 1. The van der Waals surface area contributed by atoms with Crippen molar-refractivity contribution in [1.29, 1.82) is 0 Å². The lowest BCUT2D eigenvalue weighted by Gasteiger charge is -2.14. The molecule has 0 aliphatic heterocycles. The zero-order valence-electron chi connectivity index (χ0n) is 10.6. The predicted molar refractivity (Wildman–Crippen MR) is 81.8 cm³/mol. The van der Waals surface area contributed by atoms with Crippen LogP contribution in [-0.2, 0) is 6.42 Å². The maximum Gasteiger partial charge on any atom is 0.0502 e. The van der Waals surface area contributed by atoms with Crippen LogP contribution in [0.25, 0.3) is 10.1 Å². The fraction of sp³-hybridized carbons (Fsp3) is 0.176. The van der Waals surface area contributed by atoms with Gasteiger partial charge in [-0.3, -0.25) is 0 Å². The van der Waals surface area contributed by atoms with E-state index < -0.39 is 0 Å². The largest absolute Gasteiger partial charge is 0.396 e. The molecule has 1 atom stereocenters. The van der Waals surface area contributed by atoms with Gasteiger partial charge in [-0.1, -0.05) is 48.5 Å². The Labute approximate surface area is 117 Å². The van der Waals surface area contributed by atoms with E-state index in [2.05, 4.69) is 41.8 Å². The molecule has 19 heavy (non-hydrogen) atoms. The number of thiophene rings is 1. The second-order valence-corrected chi connectivity index (χ2v) is 5.66. The van der Waals surface area contributed by atoms with Crippen molar-refractivity contribution in [2.24, 2.45) is 0 Å². The average Bonchev–Trinajstić information content (AvgIpc) is 2.89. The van der Waals surface area contributed by atoms with Crippen LogP contribution in [0, 0.1) is 0 Å². The SMILES string of the molecule is OCC(Cc1csc2ccccc12)c1ccccc1. The summed E-state index contributed by atoms with van der Waals surface area (Å²) < 4.78 is 1.32. The number of rotatable bonds is 4. The van der Waals surface area contributed by atoms with Gasteiger partial charge in [-0.2, -0.15) is 0 Å². The van der Waals surface area contributed by atoms with E-state index in [0.29, 0.717) is 0 Å². The van der Waals surface area contributed by atoms with Crippen LogP contribution in [0.4, 0.5) is 0 Å². The molecule has 1 heterocycles. The fourth-order valence-electron chi connectivity index (χ4n) is 2.47. The van der Waals surface area contributed by atoms with E-state index in [-0.39, 0.29) is 12.5 Å². The van der Waals surface area contributed by atoms with Gasteiger partial charge in [0.25, 0.3) is 0 Å². The summed E-state index contributed by atoms with van der Waals surface area (Å²) in [6.45, 7) is 0.189. The molecule has 1 nitrogen and oxygen atoms in total. The minimum atomic E-state index is 0.180. The first-order valence-electron chi connectivity index (χ1n) is 6.49.